The van der Waals surface area contributed by atoms with Crippen LogP contribution in [-0.4, -0.2) is 26.2 Å². The predicted molar refractivity (Wildman–Crippen MR) is 88.6 cm³/mol. The fraction of sp³-hybridized carbons (Fsp3) is 0.778. The van der Waals surface area contributed by atoms with Crippen LogP contribution in [-0.2, 0) is 19.1 Å². The topological polar surface area (TPSA) is 52.6 Å². The molecule has 0 spiro atoms. The van der Waals surface area contributed by atoms with Gasteiger partial charge in [0.2, 0.25) is 0 Å². The van der Waals surface area contributed by atoms with Crippen molar-refractivity contribution in [1.29, 1.82) is 0 Å². The summed E-state index contributed by atoms with van der Waals surface area (Å²) in [5.74, 6) is -0.275. The van der Waals surface area contributed by atoms with Crippen LogP contribution in [0, 0.1) is 0 Å². The Kier molecular flexibility index (Phi) is 15.1. The molecule has 0 saturated carbocycles. The summed E-state index contributed by atoms with van der Waals surface area (Å²) < 4.78 is 9.17. The minimum absolute atomic E-state index is 0.0966. The van der Waals surface area contributed by atoms with Crippen molar-refractivity contribution in [3.8, 4) is 0 Å². The fourth-order valence-electron chi connectivity index (χ4n) is 2.25. The smallest absolute Gasteiger partial charge is 0.309 e. The molecule has 0 unspecified atom stereocenters. The largest absolute Gasteiger partial charge is 0.469 e. The molecule has 0 rings (SSSR count). The van der Waals surface area contributed by atoms with Gasteiger partial charge in [0, 0.05) is 6.42 Å². The average Bonchev–Trinajstić information content (AvgIpc) is 2.54. The SMILES string of the molecule is COC(=O)C/C=C/CCCCCCCCCCCC(=O)OC. The molecular weight excluding hydrogens is 280 g/mol. The Balaban J connectivity index is 3.14. The number of unbranched alkanes of at least 4 members (excludes halogenated alkanes) is 9. The highest BCUT2D eigenvalue weighted by Gasteiger charge is 1.99. The molecule has 4 nitrogen and oxygen atoms in total. The highest BCUT2D eigenvalue weighted by molar-refractivity contribution is 5.70. The lowest BCUT2D eigenvalue weighted by Gasteiger charge is -2.02. The fourth-order valence-corrected chi connectivity index (χ4v) is 2.25. The first-order chi connectivity index (χ1) is 10.7. The van der Waals surface area contributed by atoms with E-state index >= 15 is 0 Å². The second kappa shape index (κ2) is 16.1. The number of esters is 2. The molecule has 0 atom stereocenters. The van der Waals surface area contributed by atoms with E-state index in [0.717, 1.165) is 19.3 Å². The Labute approximate surface area is 135 Å². The van der Waals surface area contributed by atoms with Crippen molar-refractivity contribution in [3.63, 3.8) is 0 Å². The second-order valence-corrected chi connectivity index (χ2v) is 5.55. The van der Waals surface area contributed by atoms with Crippen molar-refractivity contribution in [2.45, 2.75) is 77.0 Å². The van der Waals surface area contributed by atoms with Gasteiger partial charge in [0.25, 0.3) is 0 Å². The summed E-state index contributed by atoms with van der Waals surface area (Å²) in [6.45, 7) is 0. The van der Waals surface area contributed by atoms with Crippen LogP contribution < -0.4 is 0 Å². The van der Waals surface area contributed by atoms with Crippen LogP contribution in [0.25, 0.3) is 0 Å². The molecule has 0 aromatic carbocycles. The van der Waals surface area contributed by atoms with Crippen LogP contribution in [0.15, 0.2) is 12.2 Å². The minimum Gasteiger partial charge on any atom is -0.469 e. The summed E-state index contributed by atoms with van der Waals surface area (Å²) in [4.78, 5) is 21.8. The summed E-state index contributed by atoms with van der Waals surface area (Å²) in [5.41, 5.74) is 0. The third-order valence-corrected chi connectivity index (χ3v) is 3.66. The van der Waals surface area contributed by atoms with Gasteiger partial charge in [-0.05, 0) is 19.3 Å². The van der Waals surface area contributed by atoms with Crippen LogP contribution in [0.5, 0.6) is 0 Å². The van der Waals surface area contributed by atoms with Gasteiger partial charge in [-0.25, -0.2) is 0 Å². The van der Waals surface area contributed by atoms with Gasteiger partial charge >= 0.3 is 11.9 Å². The van der Waals surface area contributed by atoms with Crippen molar-refractivity contribution < 1.29 is 19.1 Å². The van der Waals surface area contributed by atoms with Gasteiger partial charge in [-0.2, -0.15) is 0 Å². The number of rotatable bonds is 14. The molecule has 128 valence electrons. The molecule has 0 aromatic heterocycles. The summed E-state index contributed by atoms with van der Waals surface area (Å²) in [6, 6.07) is 0. The Bertz CT molecular complexity index is 310. The molecule has 0 aliphatic rings. The maximum absolute atomic E-state index is 10.9. The zero-order chi connectivity index (χ0) is 16.5. The van der Waals surface area contributed by atoms with Gasteiger partial charge in [-0.1, -0.05) is 57.1 Å². The van der Waals surface area contributed by atoms with E-state index in [1.165, 1.54) is 59.2 Å². The molecule has 0 aliphatic carbocycles. The second-order valence-electron chi connectivity index (χ2n) is 5.55. The number of hydrogen-bond donors (Lipinski definition) is 0. The van der Waals surface area contributed by atoms with Crippen LogP contribution in [0.1, 0.15) is 77.0 Å². The maximum Gasteiger partial charge on any atom is 0.309 e. The molecule has 0 amide bonds. The van der Waals surface area contributed by atoms with E-state index in [1.54, 1.807) is 0 Å². The van der Waals surface area contributed by atoms with Gasteiger partial charge in [0.15, 0.2) is 0 Å². The van der Waals surface area contributed by atoms with E-state index in [0.29, 0.717) is 12.8 Å². The first-order valence-corrected chi connectivity index (χ1v) is 8.49. The number of carbonyl (C=O) groups is 2. The van der Waals surface area contributed by atoms with Crippen molar-refractivity contribution in [2.24, 2.45) is 0 Å². The third-order valence-electron chi connectivity index (χ3n) is 3.66. The van der Waals surface area contributed by atoms with Crippen molar-refractivity contribution in [3.05, 3.63) is 12.2 Å². The maximum atomic E-state index is 10.9. The molecule has 0 N–H and O–H groups in total. The lowest BCUT2D eigenvalue weighted by atomic mass is 10.1. The lowest BCUT2D eigenvalue weighted by molar-refractivity contribution is -0.141. The van der Waals surface area contributed by atoms with Crippen LogP contribution in [0.4, 0.5) is 0 Å². The minimum atomic E-state index is -0.178. The first-order valence-electron chi connectivity index (χ1n) is 8.49. The molecule has 0 aromatic rings. The van der Waals surface area contributed by atoms with Crippen LogP contribution in [0.2, 0.25) is 0 Å². The standard InChI is InChI=1S/C18H32O4/c1-21-17(19)15-13-11-9-7-5-3-4-6-8-10-12-14-16-18(20)22-2/h11,13H,3-10,12,14-16H2,1-2H3/b13-11+. The molecule has 0 fully saturated rings. The predicted octanol–water partition coefficient (Wildman–Crippen LogP) is 4.57. The molecule has 0 heterocycles. The normalized spacial score (nSPS) is 10.8. The highest BCUT2D eigenvalue weighted by Crippen LogP contribution is 2.11. The van der Waals surface area contributed by atoms with E-state index in [9.17, 15) is 9.59 Å². The van der Waals surface area contributed by atoms with Gasteiger partial charge in [-0.15, -0.1) is 0 Å². The van der Waals surface area contributed by atoms with E-state index in [2.05, 4.69) is 15.5 Å². The Morgan fingerprint density at radius 3 is 1.73 bits per heavy atom. The van der Waals surface area contributed by atoms with Crippen LogP contribution in [0.3, 0.4) is 0 Å². The Morgan fingerprint density at radius 2 is 1.18 bits per heavy atom. The number of carbonyl (C=O) groups excluding carboxylic acids is 2. The van der Waals surface area contributed by atoms with E-state index in [1.807, 2.05) is 6.08 Å². The zero-order valence-corrected chi connectivity index (χ0v) is 14.3. The molecule has 4 heteroatoms. The monoisotopic (exact) mass is 312 g/mol. The molecule has 0 bridgehead atoms. The molecule has 22 heavy (non-hydrogen) atoms. The number of ether oxygens (including phenoxy) is 2. The van der Waals surface area contributed by atoms with Crippen molar-refractivity contribution in [2.75, 3.05) is 14.2 Å². The average molecular weight is 312 g/mol. The van der Waals surface area contributed by atoms with E-state index in [-0.39, 0.29) is 11.9 Å². The summed E-state index contributed by atoms with van der Waals surface area (Å²) in [5, 5.41) is 0. The van der Waals surface area contributed by atoms with Crippen molar-refractivity contribution >= 4 is 11.9 Å². The molecular formula is C18H32O4. The summed E-state index contributed by atoms with van der Waals surface area (Å²) in [7, 11) is 2.85. The van der Waals surface area contributed by atoms with Gasteiger partial charge in [-0.3, -0.25) is 9.59 Å². The Hall–Kier alpha value is -1.32. The molecule has 0 saturated heterocycles. The first kappa shape index (κ1) is 20.7. The summed E-state index contributed by atoms with van der Waals surface area (Å²) in [6.07, 6.45) is 16.8. The molecule has 0 aliphatic heterocycles. The molecule has 0 radical (unpaired) electrons. The van der Waals surface area contributed by atoms with Crippen molar-refractivity contribution in [1.82, 2.24) is 0 Å². The number of hydrogen-bond acceptors (Lipinski definition) is 4. The number of allylic oxidation sites excluding steroid dienone is 1. The highest BCUT2D eigenvalue weighted by atomic mass is 16.5. The Morgan fingerprint density at radius 1 is 0.682 bits per heavy atom. The number of methoxy groups -OCH3 is 2. The van der Waals surface area contributed by atoms with E-state index < -0.39 is 0 Å². The van der Waals surface area contributed by atoms with E-state index in [4.69, 9.17) is 0 Å². The quantitative estimate of drug-likeness (QED) is 0.268. The third kappa shape index (κ3) is 15.1. The lowest BCUT2D eigenvalue weighted by Crippen LogP contribution is -1.99. The van der Waals surface area contributed by atoms with Gasteiger partial charge < -0.3 is 9.47 Å². The zero-order valence-electron chi connectivity index (χ0n) is 14.3. The summed E-state index contributed by atoms with van der Waals surface area (Å²) >= 11 is 0. The van der Waals surface area contributed by atoms with Gasteiger partial charge in [0.1, 0.15) is 0 Å². The van der Waals surface area contributed by atoms with Crippen LogP contribution >= 0.6 is 0 Å². The van der Waals surface area contributed by atoms with Gasteiger partial charge in [0.05, 0.1) is 20.6 Å².